The Hall–Kier alpha value is -3.75. The molecule has 1 aliphatic rings. The molecule has 0 saturated carbocycles. The Kier molecular flexibility index (Phi) is 8.59. The molecule has 2 unspecified atom stereocenters. The van der Waals surface area contributed by atoms with E-state index in [0.717, 1.165) is 16.2 Å². The van der Waals surface area contributed by atoms with Crippen molar-refractivity contribution in [3.8, 4) is 11.5 Å². The van der Waals surface area contributed by atoms with Crippen molar-refractivity contribution < 1.29 is 48.7 Å². The van der Waals surface area contributed by atoms with Gasteiger partial charge in [-0.3, -0.25) is 14.9 Å². The summed E-state index contributed by atoms with van der Waals surface area (Å²) in [7, 11) is 0. The SMILES string of the molecule is CC(C)(C)OC(=O)C1Cc2nc(C(=O)NC(C)(O)c3ccc(OCC(=O)O)c(OCC(=O)O)c3)sc2CN1. The Bertz CT molecular complexity index is 1230. The van der Waals surface area contributed by atoms with E-state index < -0.39 is 54.4 Å². The van der Waals surface area contributed by atoms with Crippen molar-refractivity contribution >= 4 is 35.2 Å². The first-order valence-electron chi connectivity index (χ1n) is 11.5. The molecule has 5 N–H and O–H groups in total. The van der Waals surface area contributed by atoms with Gasteiger partial charge >= 0.3 is 17.9 Å². The third-order valence-corrected chi connectivity index (χ3v) is 6.23. The van der Waals surface area contributed by atoms with Crippen LogP contribution in [0.1, 0.15) is 53.6 Å². The molecule has 1 aromatic heterocycles. The molecule has 2 heterocycles. The van der Waals surface area contributed by atoms with Crippen molar-refractivity contribution in [1.29, 1.82) is 0 Å². The monoisotopic (exact) mass is 551 g/mol. The fourth-order valence-corrected chi connectivity index (χ4v) is 4.40. The number of rotatable bonds is 10. The first-order chi connectivity index (χ1) is 17.6. The Morgan fingerprint density at radius 1 is 1.08 bits per heavy atom. The van der Waals surface area contributed by atoms with Gasteiger partial charge < -0.3 is 34.8 Å². The second kappa shape index (κ2) is 11.3. The number of ether oxygens (including phenoxy) is 3. The van der Waals surface area contributed by atoms with E-state index in [-0.39, 0.29) is 28.5 Å². The molecular weight excluding hydrogens is 522 g/mol. The summed E-state index contributed by atoms with van der Waals surface area (Å²) >= 11 is 1.12. The van der Waals surface area contributed by atoms with Gasteiger partial charge in [0.2, 0.25) is 0 Å². The molecule has 1 aliphatic heterocycles. The van der Waals surface area contributed by atoms with Crippen molar-refractivity contribution in [3.63, 3.8) is 0 Å². The van der Waals surface area contributed by atoms with E-state index in [9.17, 15) is 24.3 Å². The lowest BCUT2D eigenvalue weighted by molar-refractivity contribution is -0.157. The zero-order chi connectivity index (χ0) is 28.3. The molecule has 0 radical (unpaired) electrons. The fraction of sp³-hybridized carbons (Fsp3) is 0.458. The van der Waals surface area contributed by atoms with Gasteiger partial charge in [-0.25, -0.2) is 14.6 Å². The smallest absolute Gasteiger partial charge is 0.341 e. The lowest BCUT2D eigenvalue weighted by Crippen LogP contribution is -2.44. The molecule has 0 saturated heterocycles. The van der Waals surface area contributed by atoms with Crippen LogP contribution in [0.25, 0.3) is 0 Å². The summed E-state index contributed by atoms with van der Waals surface area (Å²) in [6.07, 6.45) is 0.243. The minimum atomic E-state index is -1.95. The third kappa shape index (κ3) is 7.63. The topological polar surface area (TPSA) is 194 Å². The van der Waals surface area contributed by atoms with Crippen molar-refractivity contribution in [2.75, 3.05) is 13.2 Å². The van der Waals surface area contributed by atoms with Crippen molar-refractivity contribution in [3.05, 3.63) is 39.3 Å². The lowest BCUT2D eigenvalue weighted by atomic mass is 10.0. The van der Waals surface area contributed by atoms with Crippen LogP contribution in [-0.2, 0) is 37.8 Å². The summed E-state index contributed by atoms with van der Waals surface area (Å²) in [6, 6.07) is 3.30. The number of hydrogen-bond donors (Lipinski definition) is 5. The van der Waals surface area contributed by atoms with E-state index in [4.69, 9.17) is 24.4 Å². The van der Waals surface area contributed by atoms with Crippen molar-refractivity contribution in [1.82, 2.24) is 15.6 Å². The third-order valence-electron chi connectivity index (χ3n) is 5.14. The molecule has 2 aromatic rings. The van der Waals surface area contributed by atoms with E-state index in [0.29, 0.717) is 12.2 Å². The highest BCUT2D eigenvalue weighted by Crippen LogP contribution is 2.32. The first-order valence-corrected chi connectivity index (χ1v) is 12.3. The number of nitrogens with one attached hydrogen (secondary N) is 2. The standard InChI is InChI=1S/C24H29N3O10S/c1-23(2,3)37-22(33)14-8-13-17(9-25-14)38-21(26-13)20(32)27-24(4,34)12-5-6-15(35-10-18(28)29)16(7-12)36-11-19(30)31/h5-7,14,25,34H,8-11H2,1-4H3,(H,27,32)(H,28,29)(H,30,31). The Morgan fingerprint density at radius 2 is 1.71 bits per heavy atom. The number of amides is 1. The second-order valence-corrected chi connectivity index (χ2v) is 10.7. The Morgan fingerprint density at radius 3 is 2.32 bits per heavy atom. The van der Waals surface area contributed by atoms with E-state index in [1.165, 1.54) is 25.1 Å². The number of carbonyl (C=O) groups is 4. The number of carbonyl (C=O) groups excluding carboxylic acids is 2. The van der Waals surface area contributed by atoms with Crippen LogP contribution in [0.4, 0.5) is 0 Å². The molecule has 206 valence electrons. The van der Waals surface area contributed by atoms with Crippen LogP contribution in [0.2, 0.25) is 0 Å². The van der Waals surface area contributed by atoms with Gasteiger partial charge in [-0.1, -0.05) is 6.07 Å². The number of aliphatic hydroxyl groups is 1. The number of esters is 1. The summed E-state index contributed by atoms with van der Waals surface area (Å²) < 4.78 is 15.7. The summed E-state index contributed by atoms with van der Waals surface area (Å²) in [5.41, 5.74) is -1.90. The summed E-state index contributed by atoms with van der Waals surface area (Å²) in [5.74, 6) is -3.82. The summed E-state index contributed by atoms with van der Waals surface area (Å²) in [4.78, 5) is 52.3. The van der Waals surface area contributed by atoms with Crippen LogP contribution >= 0.6 is 11.3 Å². The molecule has 1 amide bonds. The van der Waals surface area contributed by atoms with Crippen molar-refractivity contribution in [2.45, 2.75) is 58.0 Å². The number of carboxylic acid groups (broad SMARTS) is 2. The van der Waals surface area contributed by atoms with Crippen LogP contribution in [0, 0.1) is 0 Å². The molecule has 14 heteroatoms. The van der Waals surface area contributed by atoms with E-state index in [2.05, 4.69) is 15.6 Å². The first kappa shape index (κ1) is 28.8. The molecule has 0 aliphatic carbocycles. The average molecular weight is 552 g/mol. The Balaban J connectivity index is 1.75. The average Bonchev–Trinajstić information content (AvgIpc) is 3.24. The van der Waals surface area contributed by atoms with Gasteiger partial charge in [0.15, 0.2) is 35.4 Å². The number of aliphatic carboxylic acids is 2. The predicted octanol–water partition coefficient (Wildman–Crippen LogP) is 1.02. The number of benzene rings is 1. The normalized spacial score (nSPS) is 16.5. The molecule has 38 heavy (non-hydrogen) atoms. The van der Waals surface area contributed by atoms with Gasteiger partial charge in [0.25, 0.3) is 5.91 Å². The largest absolute Gasteiger partial charge is 0.479 e. The number of carboxylic acids is 2. The van der Waals surface area contributed by atoms with Gasteiger partial charge in [-0.05, 0) is 39.8 Å². The van der Waals surface area contributed by atoms with E-state index in [1.807, 2.05) is 0 Å². The maximum absolute atomic E-state index is 13.0. The molecule has 0 bridgehead atoms. The highest BCUT2D eigenvalue weighted by atomic mass is 32.1. The van der Waals surface area contributed by atoms with Gasteiger partial charge in [0.05, 0.1) is 5.69 Å². The highest BCUT2D eigenvalue weighted by molar-refractivity contribution is 7.13. The van der Waals surface area contributed by atoms with Crippen LogP contribution in [0.5, 0.6) is 11.5 Å². The summed E-state index contributed by atoms with van der Waals surface area (Å²) in [5, 5.41) is 34.4. The Labute approximate surface area is 221 Å². The zero-order valence-electron chi connectivity index (χ0n) is 21.2. The van der Waals surface area contributed by atoms with E-state index in [1.54, 1.807) is 20.8 Å². The molecule has 0 fully saturated rings. The number of thiazole rings is 1. The van der Waals surface area contributed by atoms with E-state index >= 15 is 0 Å². The van der Waals surface area contributed by atoms with Crippen LogP contribution in [-0.4, -0.2) is 69.0 Å². The predicted molar refractivity (Wildman–Crippen MR) is 132 cm³/mol. The number of nitrogens with zero attached hydrogens (tertiary/aromatic N) is 1. The van der Waals surface area contributed by atoms with Gasteiger partial charge in [-0.15, -0.1) is 11.3 Å². The highest BCUT2D eigenvalue weighted by Gasteiger charge is 2.33. The molecule has 1 aromatic carbocycles. The van der Waals surface area contributed by atoms with Gasteiger partial charge in [0.1, 0.15) is 11.6 Å². The summed E-state index contributed by atoms with van der Waals surface area (Å²) in [6.45, 7) is 5.49. The fourth-order valence-electron chi connectivity index (χ4n) is 3.47. The lowest BCUT2D eigenvalue weighted by Gasteiger charge is -2.26. The minimum Gasteiger partial charge on any atom is -0.479 e. The maximum atomic E-state index is 13.0. The molecule has 0 spiro atoms. The van der Waals surface area contributed by atoms with Crippen LogP contribution in [0.3, 0.4) is 0 Å². The molecule has 2 atom stereocenters. The van der Waals surface area contributed by atoms with Crippen LogP contribution < -0.4 is 20.1 Å². The molecule has 13 nitrogen and oxygen atoms in total. The van der Waals surface area contributed by atoms with Crippen molar-refractivity contribution in [2.24, 2.45) is 0 Å². The minimum absolute atomic E-state index is 0.0563. The zero-order valence-corrected chi connectivity index (χ0v) is 22.0. The van der Waals surface area contributed by atoms with Crippen LogP contribution in [0.15, 0.2) is 18.2 Å². The maximum Gasteiger partial charge on any atom is 0.341 e. The molecule has 3 rings (SSSR count). The second-order valence-electron chi connectivity index (χ2n) is 9.61. The quantitative estimate of drug-likeness (QED) is 0.208. The molecular formula is C24H29N3O10S. The number of fused-ring (bicyclic) bond motifs is 1. The number of hydrogen-bond acceptors (Lipinski definition) is 11. The van der Waals surface area contributed by atoms with Gasteiger partial charge in [0, 0.05) is 23.4 Å². The van der Waals surface area contributed by atoms with Gasteiger partial charge in [-0.2, -0.15) is 0 Å². The number of aromatic nitrogens is 1.